The first-order valence-electron chi connectivity index (χ1n) is 5.40. The monoisotopic (exact) mass is 257 g/mol. The van der Waals surface area contributed by atoms with Crippen LogP contribution in [0.2, 0.25) is 0 Å². The highest BCUT2D eigenvalue weighted by Crippen LogP contribution is 2.11. The molecule has 0 bridgehead atoms. The predicted octanol–water partition coefficient (Wildman–Crippen LogP) is 0.640. The van der Waals surface area contributed by atoms with Crippen molar-refractivity contribution < 1.29 is 4.21 Å². The van der Waals surface area contributed by atoms with E-state index < -0.39 is 10.8 Å². The second-order valence-corrected chi connectivity index (χ2v) is 5.53. The van der Waals surface area contributed by atoms with Crippen LogP contribution in [-0.4, -0.2) is 32.2 Å². The Kier molecular flexibility index (Phi) is 5.30. The van der Waals surface area contributed by atoms with Crippen molar-refractivity contribution >= 4 is 22.6 Å². The average molecular weight is 257 g/mol. The molecule has 0 saturated carbocycles. The summed E-state index contributed by atoms with van der Waals surface area (Å²) in [5.41, 5.74) is 3.26. The lowest BCUT2D eigenvalue weighted by Crippen LogP contribution is -2.20. The topological polar surface area (TPSA) is 92.9 Å². The van der Waals surface area contributed by atoms with Gasteiger partial charge in [-0.25, -0.2) is 10.8 Å². The molecule has 0 aliphatic heterocycles. The second-order valence-electron chi connectivity index (χ2n) is 3.97. The highest BCUT2D eigenvalue weighted by Gasteiger charge is 2.06. The molecule has 0 amide bonds. The molecule has 0 saturated heterocycles. The number of hydrazine groups is 1. The molecule has 96 valence electrons. The van der Waals surface area contributed by atoms with Gasteiger partial charge in [-0.1, -0.05) is 0 Å². The molecule has 17 heavy (non-hydrogen) atoms. The van der Waals surface area contributed by atoms with Crippen molar-refractivity contribution in [1.29, 1.82) is 0 Å². The van der Waals surface area contributed by atoms with Gasteiger partial charge in [0.15, 0.2) is 0 Å². The lowest BCUT2D eigenvalue weighted by molar-refractivity contribution is 0.678. The van der Waals surface area contributed by atoms with E-state index in [4.69, 9.17) is 5.84 Å². The average Bonchev–Trinajstić information content (AvgIpc) is 2.25. The fourth-order valence-corrected chi connectivity index (χ4v) is 2.06. The lowest BCUT2D eigenvalue weighted by atomic mass is 10.2. The van der Waals surface area contributed by atoms with Gasteiger partial charge in [-0.3, -0.25) is 9.63 Å². The lowest BCUT2D eigenvalue weighted by Gasteiger charge is -2.14. The zero-order valence-corrected chi connectivity index (χ0v) is 11.2. The largest absolute Gasteiger partial charge is 0.367 e. The molecule has 6 nitrogen and oxygen atoms in total. The van der Waals surface area contributed by atoms with Crippen LogP contribution in [0.25, 0.3) is 0 Å². The molecule has 4 N–H and O–H groups in total. The van der Waals surface area contributed by atoms with Gasteiger partial charge >= 0.3 is 0 Å². The van der Waals surface area contributed by atoms with E-state index in [-0.39, 0.29) is 6.04 Å². The van der Waals surface area contributed by atoms with Crippen LogP contribution in [0.15, 0.2) is 6.07 Å². The normalized spacial score (nSPS) is 14.1. The molecular formula is C10H19N5OS. The fraction of sp³-hybridized carbons (Fsp3) is 0.600. The quantitative estimate of drug-likeness (QED) is 0.511. The second kappa shape index (κ2) is 6.51. The van der Waals surface area contributed by atoms with Crippen LogP contribution in [0, 0.1) is 6.92 Å². The van der Waals surface area contributed by atoms with Gasteiger partial charge in [0.05, 0.1) is 0 Å². The molecule has 1 heterocycles. The first-order valence-corrected chi connectivity index (χ1v) is 7.13. The van der Waals surface area contributed by atoms with Crippen LogP contribution in [-0.2, 0) is 10.8 Å². The predicted molar refractivity (Wildman–Crippen MR) is 71.2 cm³/mol. The molecular weight excluding hydrogens is 238 g/mol. The number of aromatic nitrogens is 2. The Hall–Kier alpha value is -1.21. The van der Waals surface area contributed by atoms with Gasteiger partial charge in [0, 0.05) is 40.6 Å². The summed E-state index contributed by atoms with van der Waals surface area (Å²) in [7, 11) is -0.760. The SMILES string of the molecule is Cc1cc(NC(C)CCS(C)=O)nc(NN)n1. The summed E-state index contributed by atoms with van der Waals surface area (Å²) < 4.78 is 11.0. The summed E-state index contributed by atoms with van der Waals surface area (Å²) in [5, 5.41) is 3.23. The Balaban J connectivity index is 2.61. The first kappa shape index (κ1) is 13.9. The number of nitrogens with zero attached hydrogens (tertiary/aromatic N) is 2. The minimum atomic E-state index is -0.760. The van der Waals surface area contributed by atoms with Gasteiger partial charge in [0.25, 0.3) is 0 Å². The van der Waals surface area contributed by atoms with Gasteiger partial charge in [-0.05, 0) is 20.3 Å². The highest BCUT2D eigenvalue weighted by molar-refractivity contribution is 7.84. The number of nitrogen functional groups attached to an aromatic ring is 1. The maximum Gasteiger partial charge on any atom is 0.239 e. The molecule has 0 spiro atoms. The van der Waals surface area contributed by atoms with Gasteiger partial charge in [0.2, 0.25) is 5.95 Å². The number of nitrogens with two attached hydrogens (primary N) is 1. The Morgan fingerprint density at radius 3 is 2.82 bits per heavy atom. The van der Waals surface area contributed by atoms with Gasteiger partial charge in [-0.15, -0.1) is 0 Å². The van der Waals surface area contributed by atoms with Crippen molar-refractivity contribution in [2.45, 2.75) is 26.3 Å². The zero-order chi connectivity index (χ0) is 12.8. The third-order valence-corrected chi connectivity index (χ3v) is 3.03. The van der Waals surface area contributed by atoms with E-state index in [2.05, 4.69) is 20.7 Å². The number of hydrogen-bond donors (Lipinski definition) is 3. The minimum Gasteiger partial charge on any atom is -0.367 e. The smallest absolute Gasteiger partial charge is 0.239 e. The van der Waals surface area contributed by atoms with E-state index in [0.717, 1.165) is 17.9 Å². The molecule has 0 radical (unpaired) electrons. The van der Waals surface area contributed by atoms with Crippen molar-refractivity contribution in [3.05, 3.63) is 11.8 Å². The van der Waals surface area contributed by atoms with Crippen LogP contribution < -0.4 is 16.6 Å². The molecule has 0 aliphatic carbocycles. The molecule has 2 atom stereocenters. The van der Waals surface area contributed by atoms with Gasteiger partial charge in [-0.2, -0.15) is 4.98 Å². The van der Waals surface area contributed by atoms with Gasteiger partial charge < -0.3 is 5.32 Å². The summed E-state index contributed by atoms with van der Waals surface area (Å²) in [6, 6.07) is 2.05. The van der Waals surface area contributed by atoms with Crippen LogP contribution in [0.1, 0.15) is 19.0 Å². The number of nitrogens with one attached hydrogen (secondary N) is 2. The van der Waals surface area contributed by atoms with Crippen molar-refractivity contribution in [3.8, 4) is 0 Å². The van der Waals surface area contributed by atoms with Gasteiger partial charge in [0.1, 0.15) is 5.82 Å². The third-order valence-electron chi connectivity index (χ3n) is 2.22. The van der Waals surface area contributed by atoms with Crippen molar-refractivity contribution in [2.24, 2.45) is 5.84 Å². The van der Waals surface area contributed by atoms with Crippen LogP contribution in [0.5, 0.6) is 0 Å². The molecule has 1 aromatic rings. The van der Waals surface area contributed by atoms with Crippen LogP contribution in [0.4, 0.5) is 11.8 Å². The summed E-state index contributed by atoms with van der Waals surface area (Å²) in [5.74, 6) is 7.06. The molecule has 1 rings (SSSR count). The first-order chi connectivity index (χ1) is 8.01. The highest BCUT2D eigenvalue weighted by atomic mass is 32.2. The standard InChI is InChI=1S/C10H19N5OS/c1-7(4-5-17(3)16)12-9-6-8(2)13-10(14-9)15-11/h6-7H,4-5,11H2,1-3H3,(H2,12,13,14,15). The Bertz CT molecular complexity index is 398. The van der Waals surface area contributed by atoms with Crippen molar-refractivity contribution in [2.75, 3.05) is 22.8 Å². The van der Waals surface area contributed by atoms with E-state index in [1.165, 1.54) is 0 Å². The van der Waals surface area contributed by atoms with Crippen molar-refractivity contribution in [3.63, 3.8) is 0 Å². The molecule has 2 unspecified atom stereocenters. The van der Waals surface area contributed by atoms with Crippen LogP contribution in [0.3, 0.4) is 0 Å². The molecule has 7 heteroatoms. The molecule has 1 aromatic heterocycles. The summed E-state index contributed by atoms with van der Waals surface area (Å²) in [4.78, 5) is 8.28. The molecule has 0 aliphatic rings. The number of aryl methyl sites for hydroxylation is 1. The minimum absolute atomic E-state index is 0.207. The Labute approximate surface area is 104 Å². The van der Waals surface area contributed by atoms with E-state index in [9.17, 15) is 4.21 Å². The number of anilines is 2. The Morgan fingerprint density at radius 2 is 2.24 bits per heavy atom. The summed E-state index contributed by atoms with van der Waals surface area (Å²) in [6.45, 7) is 3.90. The van der Waals surface area contributed by atoms with E-state index >= 15 is 0 Å². The maximum atomic E-state index is 11.0. The molecule has 0 fully saturated rings. The Morgan fingerprint density at radius 1 is 1.53 bits per heavy atom. The van der Waals surface area contributed by atoms with Crippen molar-refractivity contribution in [1.82, 2.24) is 9.97 Å². The molecule has 0 aromatic carbocycles. The third kappa shape index (κ3) is 5.10. The maximum absolute atomic E-state index is 11.0. The zero-order valence-electron chi connectivity index (χ0n) is 10.4. The fourth-order valence-electron chi connectivity index (χ4n) is 1.37. The van der Waals surface area contributed by atoms with E-state index in [0.29, 0.717) is 11.7 Å². The number of hydrogen-bond acceptors (Lipinski definition) is 6. The van der Waals surface area contributed by atoms with E-state index in [1.54, 1.807) is 6.26 Å². The summed E-state index contributed by atoms with van der Waals surface area (Å²) in [6.07, 6.45) is 2.54. The van der Waals surface area contributed by atoms with Crippen LogP contribution >= 0.6 is 0 Å². The van der Waals surface area contributed by atoms with E-state index in [1.807, 2.05) is 19.9 Å². The summed E-state index contributed by atoms with van der Waals surface area (Å²) >= 11 is 0. The number of rotatable bonds is 6.